The topological polar surface area (TPSA) is 33.1 Å². The number of nitrogens with zero attached hydrogens (tertiary/aromatic N) is 3. The number of para-hydroxylation sites is 2. The van der Waals surface area contributed by atoms with E-state index in [1.54, 1.807) is 41.4 Å². The van der Waals surface area contributed by atoms with Gasteiger partial charge < -0.3 is 14.8 Å². The van der Waals surface area contributed by atoms with E-state index in [1.165, 1.54) is 12.1 Å². The van der Waals surface area contributed by atoms with Gasteiger partial charge in [0, 0.05) is 17.6 Å². The van der Waals surface area contributed by atoms with E-state index in [-0.39, 0.29) is 23.7 Å². The van der Waals surface area contributed by atoms with Crippen LogP contribution < -0.4 is 10.2 Å². The maximum Gasteiger partial charge on any atom is 0.174 e. The molecule has 1 saturated heterocycles. The van der Waals surface area contributed by atoms with E-state index in [2.05, 4.69) is 10.3 Å². The monoisotopic (exact) mass is 460 g/mol. The van der Waals surface area contributed by atoms with Crippen LogP contribution in [0.1, 0.15) is 34.7 Å². The largest absolute Gasteiger partial charge is 0.351 e. The minimum atomic E-state index is -0.379. The molecule has 0 radical (unpaired) electrons. The number of hydrogen-bond donors (Lipinski definition) is 1. The quantitative estimate of drug-likeness (QED) is 0.382. The van der Waals surface area contributed by atoms with Crippen LogP contribution in [0.25, 0.3) is 5.69 Å². The molecule has 0 bridgehead atoms. The molecule has 0 unspecified atom stereocenters. The normalized spacial score (nSPS) is 17.9. The smallest absolute Gasteiger partial charge is 0.174 e. The van der Waals surface area contributed by atoms with Crippen molar-refractivity contribution >= 4 is 23.0 Å². The second-order valence-electron chi connectivity index (χ2n) is 8.06. The highest BCUT2D eigenvalue weighted by atomic mass is 32.1. The molecule has 33 heavy (non-hydrogen) atoms. The molecule has 1 fully saturated rings. The average Bonchev–Trinajstić information content (AvgIpc) is 3.30. The molecule has 0 amide bonds. The van der Waals surface area contributed by atoms with Crippen LogP contribution in [0.2, 0.25) is 0 Å². The lowest BCUT2D eigenvalue weighted by molar-refractivity contribution is 0.555. The molecule has 5 rings (SSSR count). The van der Waals surface area contributed by atoms with E-state index in [0.717, 1.165) is 22.6 Å². The van der Waals surface area contributed by atoms with Crippen LogP contribution in [0.3, 0.4) is 0 Å². The number of aromatic nitrogens is 2. The second-order valence-corrected chi connectivity index (χ2v) is 8.45. The van der Waals surface area contributed by atoms with Gasteiger partial charge in [0.15, 0.2) is 5.11 Å². The summed E-state index contributed by atoms with van der Waals surface area (Å²) < 4.78 is 31.5. The standard InChI is InChI=1S/C26H22F2N4S/c1-16-15-18(17(2)31(16)22-12-5-3-9-19(22)27)25-24(21-11-7-8-14-29-21)30-26(33)32(25)23-13-6-4-10-20(23)28/h3-15,24-25H,1-2H3,(H,30,33)/t24-,25-/m1/s1. The number of pyridine rings is 1. The molecule has 1 aliphatic rings. The zero-order valence-corrected chi connectivity index (χ0v) is 19.0. The van der Waals surface area contributed by atoms with Crippen LogP contribution in [0.4, 0.5) is 14.5 Å². The molecule has 0 spiro atoms. The van der Waals surface area contributed by atoms with Gasteiger partial charge >= 0.3 is 0 Å². The lowest BCUT2D eigenvalue weighted by atomic mass is 9.96. The van der Waals surface area contributed by atoms with Crippen molar-refractivity contribution < 1.29 is 8.78 Å². The van der Waals surface area contributed by atoms with Crippen molar-refractivity contribution in [3.63, 3.8) is 0 Å². The Morgan fingerprint density at radius 3 is 2.15 bits per heavy atom. The predicted octanol–water partition coefficient (Wildman–Crippen LogP) is 5.94. The molecule has 166 valence electrons. The summed E-state index contributed by atoms with van der Waals surface area (Å²) in [7, 11) is 0. The van der Waals surface area contributed by atoms with Gasteiger partial charge in [0.05, 0.1) is 29.2 Å². The molecule has 0 aliphatic carbocycles. The summed E-state index contributed by atoms with van der Waals surface area (Å²) in [5.74, 6) is -0.672. The Bertz CT molecular complexity index is 1340. The third-order valence-electron chi connectivity index (χ3n) is 6.09. The van der Waals surface area contributed by atoms with E-state index in [9.17, 15) is 8.78 Å². The van der Waals surface area contributed by atoms with Crippen LogP contribution in [-0.4, -0.2) is 14.7 Å². The van der Waals surface area contributed by atoms with Crippen LogP contribution in [0.15, 0.2) is 79.0 Å². The van der Waals surface area contributed by atoms with Gasteiger partial charge in [0.1, 0.15) is 11.6 Å². The maximum absolute atomic E-state index is 14.9. The Hall–Kier alpha value is -3.58. The number of thiocarbonyl (C=S) groups is 1. The number of anilines is 1. The van der Waals surface area contributed by atoms with Gasteiger partial charge in [-0.2, -0.15) is 0 Å². The predicted molar refractivity (Wildman–Crippen MR) is 130 cm³/mol. The third-order valence-corrected chi connectivity index (χ3v) is 6.41. The summed E-state index contributed by atoms with van der Waals surface area (Å²) in [6.07, 6.45) is 1.73. The minimum Gasteiger partial charge on any atom is -0.351 e. The lowest BCUT2D eigenvalue weighted by Crippen LogP contribution is -2.30. The van der Waals surface area contributed by atoms with Gasteiger partial charge in [-0.05, 0) is 74.1 Å². The molecule has 7 heteroatoms. The van der Waals surface area contributed by atoms with E-state index >= 15 is 0 Å². The first-order chi connectivity index (χ1) is 16.0. The average molecular weight is 461 g/mol. The van der Waals surface area contributed by atoms with E-state index in [4.69, 9.17) is 12.2 Å². The van der Waals surface area contributed by atoms with Crippen molar-refractivity contribution in [2.24, 2.45) is 0 Å². The van der Waals surface area contributed by atoms with Crippen LogP contribution in [0.5, 0.6) is 0 Å². The Kier molecular flexibility index (Phi) is 5.42. The molecular formula is C26H22F2N4S. The fourth-order valence-corrected chi connectivity index (χ4v) is 5.01. The van der Waals surface area contributed by atoms with Crippen molar-refractivity contribution in [2.75, 3.05) is 4.90 Å². The highest BCUT2D eigenvalue weighted by Gasteiger charge is 2.43. The van der Waals surface area contributed by atoms with Crippen molar-refractivity contribution in [1.29, 1.82) is 0 Å². The van der Waals surface area contributed by atoms with Crippen LogP contribution >= 0.6 is 12.2 Å². The van der Waals surface area contributed by atoms with Crippen molar-refractivity contribution in [2.45, 2.75) is 25.9 Å². The van der Waals surface area contributed by atoms with Crippen LogP contribution in [0, 0.1) is 25.5 Å². The first-order valence-electron chi connectivity index (χ1n) is 10.7. The van der Waals surface area contributed by atoms with Crippen LogP contribution in [-0.2, 0) is 0 Å². The number of halogens is 2. The molecular weight excluding hydrogens is 438 g/mol. The number of rotatable bonds is 4. The Labute approximate surface area is 196 Å². The van der Waals surface area contributed by atoms with Crippen molar-refractivity contribution in [3.05, 3.63) is 113 Å². The lowest BCUT2D eigenvalue weighted by Gasteiger charge is -2.28. The molecule has 2 aromatic heterocycles. The Balaban J connectivity index is 1.71. The highest BCUT2D eigenvalue weighted by molar-refractivity contribution is 7.80. The zero-order chi connectivity index (χ0) is 23.1. The zero-order valence-electron chi connectivity index (χ0n) is 18.2. The first kappa shape index (κ1) is 21.3. The number of aryl methyl sites for hydroxylation is 1. The molecule has 3 heterocycles. The summed E-state index contributed by atoms with van der Waals surface area (Å²) in [5.41, 5.74) is 4.30. The first-order valence-corrected chi connectivity index (χ1v) is 11.1. The fourth-order valence-electron chi connectivity index (χ4n) is 4.67. The number of benzene rings is 2. The van der Waals surface area contributed by atoms with Gasteiger partial charge in [0.25, 0.3) is 0 Å². The molecule has 2 aromatic carbocycles. The van der Waals surface area contributed by atoms with Gasteiger partial charge in [-0.3, -0.25) is 4.98 Å². The van der Waals surface area contributed by atoms with Gasteiger partial charge in [-0.25, -0.2) is 8.78 Å². The third kappa shape index (κ3) is 3.58. The van der Waals surface area contributed by atoms with Gasteiger partial charge in [-0.15, -0.1) is 0 Å². The summed E-state index contributed by atoms with van der Waals surface area (Å²) in [5, 5.41) is 3.76. The van der Waals surface area contributed by atoms with E-state index < -0.39 is 0 Å². The number of hydrogen-bond acceptors (Lipinski definition) is 2. The molecule has 1 N–H and O–H groups in total. The molecule has 0 saturated carbocycles. The fraction of sp³-hybridized carbons (Fsp3) is 0.154. The molecule has 4 nitrogen and oxygen atoms in total. The van der Waals surface area contributed by atoms with Crippen molar-refractivity contribution in [3.8, 4) is 5.69 Å². The summed E-state index contributed by atoms with van der Waals surface area (Å²) >= 11 is 5.69. The van der Waals surface area contributed by atoms with Gasteiger partial charge in [0.2, 0.25) is 0 Å². The Morgan fingerprint density at radius 2 is 1.52 bits per heavy atom. The highest BCUT2D eigenvalue weighted by Crippen LogP contribution is 2.44. The maximum atomic E-state index is 14.9. The summed E-state index contributed by atoms with van der Waals surface area (Å²) in [6.45, 7) is 3.89. The van der Waals surface area contributed by atoms with Gasteiger partial charge in [-0.1, -0.05) is 30.3 Å². The van der Waals surface area contributed by atoms with E-state index in [1.807, 2.05) is 48.7 Å². The van der Waals surface area contributed by atoms with Crippen molar-refractivity contribution in [1.82, 2.24) is 14.9 Å². The second kappa shape index (κ2) is 8.41. The summed E-state index contributed by atoms with van der Waals surface area (Å²) in [4.78, 5) is 6.35. The minimum absolute atomic E-state index is 0.307. The summed E-state index contributed by atoms with van der Waals surface area (Å²) in [6, 6.07) is 20.3. The molecule has 1 aliphatic heterocycles. The number of nitrogens with one attached hydrogen (secondary N) is 1. The SMILES string of the molecule is Cc1cc([C@@H]2[C@@H](c3ccccn3)NC(=S)N2c2ccccc2F)c(C)n1-c1ccccc1F. The molecule has 4 aromatic rings. The van der Waals surface area contributed by atoms with E-state index in [0.29, 0.717) is 16.5 Å². The molecule has 2 atom stereocenters. The Morgan fingerprint density at radius 1 is 0.879 bits per heavy atom.